The summed E-state index contributed by atoms with van der Waals surface area (Å²) in [5.41, 5.74) is 5.81. The Bertz CT molecular complexity index is 1260. The van der Waals surface area contributed by atoms with Crippen LogP contribution in [-0.4, -0.2) is 24.6 Å². The number of anilines is 1. The number of rotatable bonds is 8. The summed E-state index contributed by atoms with van der Waals surface area (Å²) >= 11 is 6.06. The van der Waals surface area contributed by atoms with Crippen molar-refractivity contribution in [3.8, 4) is 11.5 Å². The number of halogens is 2. The summed E-state index contributed by atoms with van der Waals surface area (Å²) in [6.07, 6.45) is 1.38. The molecule has 0 aliphatic heterocycles. The van der Waals surface area contributed by atoms with Crippen LogP contribution in [0.5, 0.6) is 11.5 Å². The van der Waals surface area contributed by atoms with E-state index < -0.39 is 17.6 Å². The van der Waals surface area contributed by atoms with Crippen LogP contribution in [0.1, 0.15) is 29.2 Å². The minimum absolute atomic E-state index is 0.123. The molecule has 35 heavy (non-hydrogen) atoms. The Morgan fingerprint density at radius 3 is 2.54 bits per heavy atom. The molecule has 0 bridgehead atoms. The van der Waals surface area contributed by atoms with Crippen molar-refractivity contribution in [2.75, 3.05) is 11.9 Å². The van der Waals surface area contributed by atoms with Crippen molar-refractivity contribution in [1.29, 1.82) is 0 Å². The van der Waals surface area contributed by atoms with Crippen LogP contribution in [0.15, 0.2) is 59.7 Å². The molecule has 0 spiro atoms. The molecule has 9 heteroatoms. The highest BCUT2D eigenvalue weighted by Gasteiger charge is 2.14. The molecule has 0 unspecified atom stereocenters. The topological polar surface area (TPSA) is 89.0 Å². The molecular weight excluding hydrogens is 473 g/mol. The molecule has 0 saturated heterocycles. The molecule has 0 fully saturated rings. The Kier molecular flexibility index (Phi) is 8.80. The van der Waals surface area contributed by atoms with E-state index >= 15 is 0 Å². The Labute approximate surface area is 207 Å². The molecule has 0 aliphatic carbocycles. The number of benzene rings is 3. The zero-order chi connectivity index (χ0) is 25.4. The summed E-state index contributed by atoms with van der Waals surface area (Å²) in [5.74, 6) is -1.24. The predicted molar refractivity (Wildman–Crippen MR) is 134 cm³/mol. The quantitative estimate of drug-likeness (QED) is 0.255. The normalized spacial score (nSPS) is 10.8. The van der Waals surface area contributed by atoms with Crippen LogP contribution in [0, 0.1) is 19.7 Å². The van der Waals surface area contributed by atoms with Gasteiger partial charge in [-0.3, -0.25) is 9.59 Å². The molecule has 0 radical (unpaired) electrons. The monoisotopic (exact) mass is 497 g/mol. The minimum atomic E-state index is -0.900. The van der Waals surface area contributed by atoms with Crippen molar-refractivity contribution in [2.45, 2.75) is 27.4 Å². The molecule has 0 heterocycles. The minimum Gasteiger partial charge on any atom is -0.490 e. The maximum atomic E-state index is 13.2. The number of ether oxygens (including phenoxy) is 2. The van der Waals surface area contributed by atoms with Gasteiger partial charge in [-0.05, 0) is 73.9 Å². The van der Waals surface area contributed by atoms with Gasteiger partial charge in [-0.15, -0.1) is 0 Å². The number of carbonyl (C=O) groups excluding carboxylic acids is 2. The first kappa shape index (κ1) is 25.7. The number of hydrogen-bond donors (Lipinski definition) is 2. The van der Waals surface area contributed by atoms with E-state index in [9.17, 15) is 14.0 Å². The Morgan fingerprint density at radius 1 is 1.00 bits per heavy atom. The zero-order valence-corrected chi connectivity index (χ0v) is 20.3. The third-order valence-corrected chi connectivity index (χ3v) is 5.24. The SMILES string of the molecule is CCOc1cc(C=NNC(=O)C(=O)Nc2cc(C)ccc2C)ccc1OCc1ccc(F)cc1Cl. The Morgan fingerprint density at radius 2 is 1.80 bits per heavy atom. The van der Waals surface area contributed by atoms with E-state index in [1.54, 1.807) is 30.3 Å². The van der Waals surface area contributed by atoms with Gasteiger partial charge in [0.2, 0.25) is 0 Å². The van der Waals surface area contributed by atoms with Gasteiger partial charge < -0.3 is 14.8 Å². The van der Waals surface area contributed by atoms with Gasteiger partial charge in [-0.2, -0.15) is 5.10 Å². The lowest BCUT2D eigenvalue weighted by Gasteiger charge is -2.13. The van der Waals surface area contributed by atoms with Crippen molar-refractivity contribution >= 4 is 35.3 Å². The third-order valence-electron chi connectivity index (χ3n) is 4.89. The average molecular weight is 498 g/mol. The first-order chi connectivity index (χ1) is 16.8. The second kappa shape index (κ2) is 12.0. The van der Waals surface area contributed by atoms with E-state index in [4.69, 9.17) is 21.1 Å². The highest BCUT2D eigenvalue weighted by atomic mass is 35.5. The fourth-order valence-corrected chi connectivity index (χ4v) is 3.27. The van der Waals surface area contributed by atoms with E-state index in [0.29, 0.717) is 34.9 Å². The Balaban J connectivity index is 1.62. The van der Waals surface area contributed by atoms with Gasteiger partial charge in [0.25, 0.3) is 0 Å². The highest BCUT2D eigenvalue weighted by molar-refractivity contribution is 6.39. The second-order valence-electron chi connectivity index (χ2n) is 7.64. The number of nitrogens with one attached hydrogen (secondary N) is 2. The molecule has 2 N–H and O–H groups in total. The number of amides is 2. The third kappa shape index (κ3) is 7.28. The zero-order valence-electron chi connectivity index (χ0n) is 19.5. The summed E-state index contributed by atoms with van der Waals surface area (Å²) in [5, 5.41) is 6.70. The van der Waals surface area contributed by atoms with Crippen LogP contribution in [0.25, 0.3) is 0 Å². The van der Waals surface area contributed by atoms with Gasteiger partial charge in [0.15, 0.2) is 11.5 Å². The summed E-state index contributed by atoms with van der Waals surface area (Å²) in [6, 6.07) is 14.7. The predicted octanol–water partition coefficient (Wildman–Crippen LogP) is 5.16. The van der Waals surface area contributed by atoms with E-state index in [2.05, 4.69) is 15.8 Å². The Hall–Kier alpha value is -3.91. The lowest BCUT2D eigenvalue weighted by molar-refractivity contribution is -0.136. The van der Waals surface area contributed by atoms with Gasteiger partial charge in [-0.25, -0.2) is 9.82 Å². The molecule has 182 valence electrons. The number of hydrazone groups is 1. The lowest BCUT2D eigenvalue weighted by atomic mass is 10.1. The van der Waals surface area contributed by atoms with Crippen molar-refractivity contribution in [2.24, 2.45) is 5.10 Å². The number of aryl methyl sites for hydroxylation is 2. The van der Waals surface area contributed by atoms with Crippen molar-refractivity contribution in [3.63, 3.8) is 0 Å². The van der Waals surface area contributed by atoms with E-state index in [-0.39, 0.29) is 11.6 Å². The molecule has 0 saturated carbocycles. The fourth-order valence-electron chi connectivity index (χ4n) is 3.05. The highest BCUT2D eigenvalue weighted by Crippen LogP contribution is 2.30. The van der Waals surface area contributed by atoms with E-state index in [1.165, 1.54) is 18.3 Å². The van der Waals surface area contributed by atoms with Crippen molar-refractivity contribution in [1.82, 2.24) is 5.43 Å². The van der Waals surface area contributed by atoms with Gasteiger partial charge >= 0.3 is 11.8 Å². The fraction of sp³-hybridized carbons (Fsp3) is 0.192. The number of hydrogen-bond acceptors (Lipinski definition) is 5. The first-order valence-electron chi connectivity index (χ1n) is 10.8. The molecule has 3 rings (SSSR count). The summed E-state index contributed by atoms with van der Waals surface area (Å²) in [7, 11) is 0. The van der Waals surface area contributed by atoms with Crippen molar-refractivity contribution < 1.29 is 23.5 Å². The van der Waals surface area contributed by atoms with Gasteiger partial charge in [0, 0.05) is 11.3 Å². The molecule has 0 aliphatic rings. The van der Waals surface area contributed by atoms with Crippen LogP contribution in [0.3, 0.4) is 0 Å². The molecule has 2 amide bonds. The second-order valence-corrected chi connectivity index (χ2v) is 8.04. The summed E-state index contributed by atoms with van der Waals surface area (Å²) in [6.45, 7) is 6.07. The van der Waals surface area contributed by atoms with Crippen LogP contribution >= 0.6 is 11.6 Å². The molecule has 7 nitrogen and oxygen atoms in total. The van der Waals surface area contributed by atoms with Crippen LogP contribution in [-0.2, 0) is 16.2 Å². The van der Waals surface area contributed by atoms with Crippen LogP contribution in [0.2, 0.25) is 5.02 Å². The lowest BCUT2D eigenvalue weighted by Crippen LogP contribution is -2.32. The molecule has 0 atom stereocenters. The first-order valence-corrected chi connectivity index (χ1v) is 11.2. The number of nitrogens with zero attached hydrogens (tertiary/aromatic N) is 1. The van der Waals surface area contributed by atoms with Crippen LogP contribution in [0.4, 0.5) is 10.1 Å². The maximum Gasteiger partial charge on any atom is 0.329 e. The van der Waals surface area contributed by atoms with E-state index in [1.807, 2.05) is 32.9 Å². The largest absolute Gasteiger partial charge is 0.490 e. The molecule has 3 aromatic carbocycles. The van der Waals surface area contributed by atoms with E-state index in [0.717, 1.165) is 11.1 Å². The number of carbonyl (C=O) groups is 2. The maximum absolute atomic E-state index is 13.2. The van der Waals surface area contributed by atoms with Gasteiger partial charge in [-0.1, -0.05) is 29.8 Å². The average Bonchev–Trinajstić information content (AvgIpc) is 2.82. The molecule has 0 aromatic heterocycles. The summed E-state index contributed by atoms with van der Waals surface area (Å²) in [4.78, 5) is 24.3. The van der Waals surface area contributed by atoms with Gasteiger partial charge in [0.1, 0.15) is 12.4 Å². The summed E-state index contributed by atoms with van der Waals surface area (Å²) < 4.78 is 24.7. The molecular formula is C26H25ClFN3O4. The smallest absolute Gasteiger partial charge is 0.329 e. The van der Waals surface area contributed by atoms with Crippen molar-refractivity contribution in [3.05, 3.63) is 87.7 Å². The van der Waals surface area contributed by atoms with Crippen LogP contribution < -0.4 is 20.2 Å². The standard InChI is InChI=1S/C26H25ClFN3O4/c1-4-34-24-12-18(7-10-23(24)35-15-19-8-9-20(28)13-21(19)27)14-29-31-26(33)25(32)30-22-11-16(2)5-6-17(22)3/h5-14H,4,15H2,1-3H3,(H,30,32)(H,31,33). The van der Waals surface area contributed by atoms with Gasteiger partial charge in [0.05, 0.1) is 17.8 Å². The molecule has 3 aromatic rings.